The van der Waals surface area contributed by atoms with Crippen LogP contribution in [0.15, 0.2) is 29.2 Å². The number of thioether (sulfide) groups is 1. The summed E-state index contributed by atoms with van der Waals surface area (Å²) in [7, 11) is -1.87. The molecule has 0 bridgehead atoms. The summed E-state index contributed by atoms with van der Waals surface area (Å²) in [4.78, 5) is 14.7. The van der Waals surface area contributed by atoms with E-state index in [9.17, 15) is 13.2 Å². The minimum atomic E-state index is -3.65. The van der Waals surface area contributed by atoms with Gasteiger partial charge >= 0.3 is 0 Å². The van der Waals surface area contributed by atoms with Crippen molar-refractivity contribution in [1.29, 1.82) is 0 Å². The molecule has 2 fully saturated rings. The zero-order valence-corrected chi connectivity index (χ0v) is 16.6. The minimum absolute atomic E-state index is 0.0764. The average molecular weight is 383 g/mol. The van der Waals surface area contributed by atoms with Crippen molar-refractivity contribution in [2.75, 3.05) is 18.7 Å². The Balaban J connectivity index is 1.79. The fraction of sp³-hybridized carbons (Fsp3) is 0.611. The topological polar surface area (TPSA) is 57.7 Å². The Morgan fingerprint density at radius 2 is 1.92 bits per heavy atom. The third-order valence-electron chi connectivity index (χ3n) is 4.74. The lowest BCUT2D eigenvalue weighted by Gasteiger charge is -2.26. The third-order valence-corrected chi connectivity index (χ3v) is 7.79. The number of likely N-dealkylation sites (N-methyl/N-ethyl adjacent to an activating group) is 1. The van der Waals surface area contributed by atoms with Gasteiger partial charge in [-0.25, -0.2) is 8.42 Å². The highest BCUT2D eigenvalue weighted by molar-refractivity contribution is 8.00. The van der Waals surface area contributed by atoms with Crippen LogP contribution in [0.2, 0.25) is 0 Å². The Morgan fingerprint density at radius 3 is 2.48 bits per heavy atom. The van der Waals surface area contributed by atoms with E-state index >= 15 is 0 Å². The molecular weight excluding hydrogens is 356 g/mol. The molecular formula is C18H26N2O3S2. The lowest BCUT2D eigenvalue weighted by atomic mass is 10.0. The Labute approximate surface area is 154 Å². The monoisotopic (exact) mass is 382 g/mol. The van der Waals surface area contributed by atoms with E-state index in [1.807, 2.05) is 12.1 Å². The van der Waals surface area contributed by atoms with Crippen molar-refractivity contribution < 1.29 is 13.2 Å². The van der Waals surface area contributed by atoms with Crippen LogP contribution in [0.1, 0.15) is 32.3 Å². The third kappa shape index (κ3) is 4.04. The molecule has 1 saturated heterocycles. The molecule has 1 aliphatic carbocycles. The average Bonchev–Trinajstić information content (AvgIpc) is 3.29. The van der Waals surface area contributed by atoms with Gasteiger partial charge in [0.25, 0.3) is 0 Å². The maximum absolute atomic E-state index is 13.0. The van der Waals surface area contributed by atoms with Crippen LogP contribution in [0.5, 0.6) is 0 Å². The van der Waals surface area contributed by atoms with Gasteiger partial charge in [-0.2, -0.15) is 4.31 Å². The van der Waals surface area contributed by atoms with E-state index in [-0.39, 0.29) is 16.8 Å². The van der Waals surface area contributed by atoms with Gasteiger partial charge in [0.15, 0.2) is 0 Å². The van der Waals surface area contributed by atoms with E-state index in [1.54, 1.807) is 24.1 Å². The maximum Gasteiger partial charge on any atom is 0.244 e. The molecule has 138 valence electrons. The molecule has 0 aromatic heterocycles. The predicted molar refractivity (Wildman–Crippen MR) is 101 cm³/mol. The first-order valence-corrected chi connectivity index (χ1v) is 11.4. The smallest absolute Gasteiger partial charge is 0.244 e. The molecule has 1 amide bonds. The van der Waals surface area contributed by atoms with Crippen molar-refractivity contribution in [2.24, 2.45) is 5.92 Å². The SMILES string of the molecule is CC(C)Cc1ccc(S(=O)(=O)N2CSC[C@H]2C(=O)N(C)C2CC2)cc1. The van der Waals surface area contributed by atoms with Gasteiger partial charge < -0.3 is 4.90 Å². The van der Waals surface area contributed by atoms with E-state index in [1.165, 1.54) is 16.1 Å². The van der Waals surface area contributed by atoms with Gasteiger partial charge in [-0.3, -0.25) is 4.79 Å². The first-order chi connectivity index (χ1) is 11.8. The summed E-state index contributed by atoms with van der Waals surface area (Å²) in [6.45, 7) is 4.28. The van der Waals surface area contributed by atoms with Crippen molar-refractivity contribution in [3.8, 4) is 0 Å². The van der Waals surface area contributed by atoms with Crippen molar-refractivity contribution in [2.45, 2.75) is 50.1 Å². The normalized spacial score (nSPS) is 21.7. The standard InChI is InChI=1S/C18H26N2O3S2/c1-13(2)10-14-4-8-16(9-5-14)25(22,23)20-12-24-11-17(20)18(21)19(3)15-6-7-15/h4-5,8-9,13,15,17H,6-7,10-12H2,1-3H3/t17-/m0/s1. The van der Waals surface area contributed by atoms with Crippen LogP contribution in [0.25, 0.3) is 0 Å². The van der Waals surface area contributed by atoms with Crippen molar-refractivity contribution in [3.63, 3.8) is 0 Å². The summed E-state index contributed by atoms with van der Waals surface area (Å²) >= 11 is 1.50. The number of carbonyl (C=O) groups excluding carboxylic acids is 1. The molecule has 1 saturated carbocycles. The Hall–Kier alpha value is -1.05. The van der Waals surface area contributed by atoms with Crippen LogP contribution < -0.4 is 0 Å². The van der Waals surface area contributed by atoms with Gasteiger partial charge in [-0.05, 0) is 42.9 Å². The highest BCUT2D eigenvalue weighted by Crippen LogP contribution is 2.32. The first kappa shape index (κ1) is 18.7. The van der Waals surface area contributed by atoms with E-state index in [0.29, 0.717) is 17.5 Å². The largest absolute Gasteiger partial charge is 0.341 e. The summed E-state index contributed by atoms with van der Waals surface area (Å²) < 4.78 is 27.4. The second-order valence-corrected chi connectivity index (χ2v) is 10.2. The molecule has 1 heterocycles. The summed E-state index contributed by atoms with van der Waals surface area (Å²) in [6, 6.07) is 6.80. The number of sulfonamides is 1. The quantitative estimate of drug-likeness (QED) is 0.759. The van der Waals surface area contributed by atoms with Crippen LogP contribution in [-0.2, 0) is 21.2 Å². The van der Waals surface area contributed by atoms with E-state index in [4.69, 9.17) is 0 Å². The Morgan fingerprint density at radius 1 is 1.28 bits per heavy atom. The summed E-state index contributed by atoms with van der Waals surface area (Å²) in [6.07, 6.45) is 2.96. The fourth-order valence-corrected chi connectivity index (χ4v) is 6.27. The molecule has 2 aliphatic rings. The van der Waals surface area contributed by atoms with Crippen LogP contribution >= 0.6 is 11.8 Å². The van der Waals surface area contributed by atoms with Crippen LogP contribution in [-0.4, -0.2) is 54.3 Å². The van der Waals surface area contributed by atoms with E-state index in [2.05, 4.69) is 13.8 Å². The van der Waals surface area contributed by atoms with E-state index < -0.39 is 16.1 Å². The number of hydrogen-bond acceptors (Lipinski definition) is 4. The zero-order chi connectivity index (χ0) is 18.2. The molecule has 0 unspecified atom stereocenters. The first-order valence-electron chi connectivity index (χ1n) is 8.76. The summed E-state index contributed by atoms with van der Waals surface area (Å²) in [5.74, 6) is 1.32. The van der Waals surface area contributed by atoms with Crippen LogP contribution in [0, 0.1) is 5.92 Å². The van der Waals surface area contributed by atoms with Gasteiger partial charge in [-0.15, -0.1) is 11.8 Å². The predicted octanol–water partition coefficient (Wildman–Crippen LogP) is 2.57. The molecule has 1 aromatic rings. The van der Waals surface area contributed by atoms with E-state index in [0.717, 1.165) is 24.8 Å². The van der Waals surface area contributed by atoms with Crippen molar-refractivity contribution >= 4 is 27.7 Å². The minimum Gasteiger partial charge on any atom is -0.341 e. The highest BCUT2D eigenvalue weighted by Gasteiger charge is 2.43. The van der Waals surface area contributed by atoms with Gasteiger partial charge in [0.05, 0.1) is 10.8 Å². The van der Waals surface area contributed by atoms with Gasteiger partial charge in [0.2, 0.25) is 15.9 Å². The number of nitrogens with zero attached hydrogens (tertiary/aromatic N) is 2. The molecule has 0 N–H and O–H groups in total. The lowest BCUT2D eigenvalue weighted by Crippen LogP contribution is -2.48. The zero-order valence-electron chi connectivity index (χ0n) is 15.0. The lowest BCUT2D eigenvalue weighted by molar-refractivity contribution is -0.133. The number of carbonyl (C=O) groups is 1. The number of rotatable bonds is 6. The molecule has 25 heavy (non-hydrogen) atoms. The van der Waals surface area contributed by atoms with Gasteiger partial charge in [0, 0.05) is 18.8 Å². The molecule has 0 radical (unpaired) electrons. The Kier molecular flexibility index (Phi) is 5.46. The highest BCUT2D eigenvalue weighted by atomic mass is 32.2. The number of amides is 1. The molecule has 5 nitrogen and oxygen atoms in total. The Bertz CT molecular complexity index is 727. The van der Waals surface area contributed by atoms with Crippen LogP contribution in [0.3, 0.4) is 0 Å². The van der Waals surface area contributed by atoms with Gasteiger partial charge in [-0.1, -0.05) is 26.0 Å². The molecule has 3 rings (SSSR count). The summed E-state index contributed by atoms with van der Waals surface area (Å²) in [5.41, 5.74) is 1.13. The van der Waals surface area contributed by atoms with Crippen LogP contribution in [0.4, 0.5) is 0 Å². The molecule has 1 aromatic carbocycles. The molecule has 1 aliphatic heterocycles. The maximum atomic E-state index is 13.0. The molecule has 7 heteroatoms. The summed E-state index contributed by atoms with van der Waals surface area (Å²) in [5, 5.41) is 0. The second kappa shape index (κ2) is 7.29. The molecule has 0 spiro atoms. The van der Waals surface area contributed by atoms with Gasteiger partial charge in [0.1, 0.15) is 6.04 Å². The van der Waals surface area contributed by atoms with Crippen molar-refractivity contribution in [3.05, 3.63) is 29.8 Å². The molecule has 1 atom stereocenters. The second-order valence-electron chi connectivity index (χ2n) is 7.33. The fourth-order valence-electron chi connectivity index (χ4n) is 3.14. The van der Waals surface area contributed by atoms with Crippen molar-refractivity contribution in [1.82, 2.24) is 9.21 Å². The number of hydrogen-bond donors (Lipinski definition) is 0. The number of benzene rings is 1.